The minimum absolute atomic E-state index is 0.308. The molecule has 1 amide bonds. The average Bonchev–Trinajstić information content (AvgIpc) is 3.22. The fourth-order valence-corrected chi connectivity index (χ4v) is 3.90. The topological polar surface area (TPSA) is 23.6 Å². The Labute approximate surface area is 120 Å². The van der Waals surface area contributed by atoms with Gasteiger partial charge in [0.25, 0.3) is 0 Å². The molecule has 2 aliphatic heterocycles. The van der Waals surface area contributed by atoms with Crippen LogP contribution < -0.4 is 4.90 Å². The molecule has 20 heavy (non-hydrogen) atoms. The van der Waals surface area contributed by atoms with Crippen molar-refractivity contribution in [1.29, 1.82) is 0 Å². The monoisotopic (exact) mass is 270 g/mol. The summed E-state index contributed by atoms with van der Waals surface area (Å²) >= 11 is 0. The SMILES string of the molecule is Cc1ccc2c(c1)[C@@H]1CN(C)CC[C@@H]1N2C(=O)C1CC1. The third kappa shape index (κ3) is 1.80. The first-order valence-electron chi connectivity index (χ1n) is 7.77. The van der Waals surface area contributed by atoms with Gasteiger partial charge in [0.1, 0.15) is 0 Å². The summed E-state index contributed by atoms with van der Waals surface area (Å²) in [5.74, 6) is 1.20. The molecule has 0 aromatic heterocycles. The summed E-state index contributed by atoms with van der Waals surface area (Å²) in [7, 11) is 2.19. The van der Waals surface area contributed by atoms with Crippen LogP contribution >= 0.6 is 0 Å². The van der Waals surface area contributed by atoms with Crippen LogP contribution in [0.4, 0.5) is 5.69 Å². The summed E-state index contributed by atoms with van der Waals surface area (Å²) in [6.45, 7) is 4.32. The van der Waals surface area contributed by atoms with Gasteiger partial charge in [-0.2, -0.15) is 0 Å². The Bertz CT molecular complexity index is 564. The van der Waals surface area contributed by atoms with Crippen molar-refractivity contribution in [2.45, 2.75) is 38.1 Å². The summed E-state index contributed by atoms with van der Waals surface area (Å²) in [6, 6.07) is 7.01. The molecule has 0 radical (unpaired) electrons. The molecule has 0 unspecified atom stereocenters. The summed E-state index contributed by atoms with van der Waals surface area (Å²) in [5.41, 5.74) is 3.89. The largest absolute Gasteiger partial charge is 0.308 e. The summed E-state index contributed by atoms with van der Waals surface area (Å²) in [6.07, 6.45) is 3.29. The van der Waals surface area contributed by atoms with Crippen LogP contribution in [0.3, 0.4) is 0 Å². The van der Waals surface area contributed by atoms with E-state index in [2.05, 4.69) is 42.0 Å². The minimum Gasteiger partial charge on any atom is -0.308 e. The lowest BCUT2D eigenvalue weighted by Crippen LogP contribution is -2.47. The number of nitrogens with zero attached hydrogens (tertiary/aromatic N) is 2. The van der Waals surface area contributed by atoms with Crippen molar-refractivity contribution in [3.63, 3.8) is 0 Å². The third-order valence-corrected chi connectivity index (χ3v) is 5.12. The number of hydrogen-bond donors (Lipinski definition) is 0. The first-order chi connectivity index (χ1) is 9.65. The number of hydrogen-bond acceptors (Lipinski definition) is 2. The smallest absolute Gasteiger partial charge is 0.230 e. The number of rotatable bonds is 1. The number of amides is 1. The molecule has 2 fully saturated rings. The maximum atomic E-state index is 12.7. The van der Waals surface area contributed by atoms with Crippen LogP contribution in [0.5, 0.6) is 0 Å². The molecule has 3 heteroatoms. The molecule has 0 spiro atoms. The van der Waals surface area contributed by atoms with E-state index < -0.39 is 0 Å². The highest BCUT2D eigenvalue weighted by Gasteiger charge is 2.47. The van der Waals surface area contributed by atoms with Gasteiger partial charge >= 0.3 is 0 Å². The first-order valence-corrected chi connectivity index (χ1v) is 7.77. The quantitative estimate of drug-likeness (QED) is 0.783. The Morgan fingerprint density at radius 3 is 2.80 bits per heavy atom. The van der Waals surface area contributed by atoms with Gasteiger partial charge in [0.05, 0.1) is 0 Å². The Hall–Kier alpha value is -1.35. The molecule has 1 saturated carbocycles. The Morgan fingerprint density at radius 2 is 2.05 bits per heavy atom. The number of fused-ring (bicyclic) bond motifs is 3. The van der Waals surface area contributed by atoms with E-state index in [0.717, 1.165) is 32.4 Å². The van der Waals surface area contributed by atoms with Gasteiger partial charge in [0.15, 0.2) is 0 Å². The van der Waals surface area contributed by atoms with Gasteiger partial charge in [-0.3, -0.25) is 4.79 Å². The lowest BCUT2D eigenvalue weighted by molar-refractivity contribution is -0.120. The highest BCUT2D eigenvalue weighted by molar-refractivity contribution is 5.99. The van der Waals surface area contributed by atoms with Crippen molar-refractivity contribution in [2.24, 2.45) is 5.92 Å². The summed E-state index contributed by atoms with van der Waals surface area (Å²) in [4.78, 5) is 17.3. The van der Waals surface area contributed by atoms with Crippen molar-refractivity contribution < 1.29 is 4.79 Å². The molecule has 2 atom stereocenters. The second kappa shape index (κ2) is 4.32. The van der Waals surface area contributed by atoms with Crippen molar-refractivity contribution in [3.8, 4) is 0 Å². The third-order valence-electron chi connectivity index (χ3n) is 5.12. The zero-order chi connectivity index (χ0) is 13.9. The molecule has 0 N–H and O–H groups in total. The molecule has 4 rings (SSSR count). The normalized spacial score (nSPS) is 29.2. The average molecular weight is 270 g/mol. The van der Waals surface area contributed by atoms with Crippen LogP contribution in [0.15, 0.2) is 18.2 Å². The maximum absolute atomic E-state index is 12.7. The van der Waals surface area contributed by atoms with E-state index in [1.165, 1.54) is 16.8 Å². The van der Waals surface area contributed by atoms with Crippen LogP contribution in [0.25, 0.3) is 0 Å². The molecule has 2 heterocycles. The Kier molecular flexibility index (Phi) is 2.68. The zero-order valence-corrected chi connectivity index (χ0v) is 12.3. The van der Waals surface area contributed by atoms with Gasteiger partial charge < -0.3 is 9.80 Å². The zero-order valence-electron chi connectivity index (χ0n) is 12.3. The molecule has 1 aromatic rings. The highest BCUT2D eigenvalue weighted by atomic mass is 16.2. The molecule has 106 valence electrons. The number of carbonyl (C=O) groups excluding carboxylic acids is 1. The van der Waals surface area contributed by atoms with E-state index in [-0.39, 0.29) is 0 Å². The van der Waals surface area contributed by atoms with Crippen LogP contribution in [-0.2, 0) is 4.79 Å². The van der Waals surface area contributed by atoms with Gasteiger partial charge in [-0.1, -0.05) is 17.7 Å². The number of aryl methyl sites for hydroxylation is 1. The standard InChI is InChI=1S/C17H22N2O/c1-11-3-6-15-13(9-11)14-10-18(2)8-7-16(14)19(15)17(20)12-4-5-12/h3,6,9,12,14,16H,4-5,7-8,10H2,1-2H3/t14-,16-/m0/s1. The maximum Gasteiger partial charge on any atom is 0.230 e. The van der Waals surface area contributed by atoms with E-state index in [1.807, 2.05) is 0 Å². The number of benzene rings is 1. The minimum atomic E-state index is 0.308. The molecule has 1 aromatic carbocycles. The first kappa shape index (κ1) is 12.4. The molecular formula is C17H22N2O. The number of likely N-dealkylation sites (N-methyl/N-ethyl adjacent to an activating group) is 1. The molecule has 3 nitrogen and oxygen atoms in total. The second-order valence-corrected chi connectivity index (χ2v) is 6.77. The summed E-state index contributed by atoms with van der Waals surface area (Å²) in [5, 5.41) is 0. The molecular weight excluding hydrogens is 248 g/mol. The van der Waals surface area contributed by atoms with Crippen LogP contribution in [0.2, 0.25) is 0 Å². The number of anilines is 1. The second-order valence-electron chi connectivity index (χ2n) is 6.77. The molecule has 1 aliphatic carbocycles. The molecule has 3 aliphatic rings. The van der Waals surface area contributed by atoms with Crippen molar-refractivity contribution >= 4 is 11.6 Å². The van der Waals surface area contributed by atoms with Gasteiger partial charge in [0.2, 0.25) is 5.91 Å². The van der Waals surface area contributed by atoms with Gasteiger partial charge in [-0.25, -0.2) is 0 Å². The van der Waals surface area contributed by atoms with Gasteiger partial charge in [-0.15, -0.1) is 0 Å². The lowest BCUT2D eigenvalue weighted by Gasteiger charge is -2.36. The Balaban J connectivity index is 1.78. The fraction of sp³-hybridized carbons (Fsp3) is 0.588. The van der Waals surface area contributed by atoms with Crippen LogP contribution in [0.1, 0.15) is 36.3 Å². The van der Waals surface area contributed by atoms with Crippen LogP contribution in [0, 0.1) is 12.8 Å². The summed E-state index contributed by atoms with van der Waals surface area (Å²) < 4.78 is 0. The molecule has 1 saturated heterocycles. The predicted octanol–water partition coefficient (Wildman–Crippen LogP) is 2.54. The van der Waals surface area contributed by atoms with E-state index >= 15 is 0 Å². The Morgan fingerprint density at radius 1 is 1.25 bits per heavy atom. The fourth-order valence-electron chi connectivity index (χ4n) is 3.90. The van der Waals surface area contributed by atoms with Crippen LogP contribution in [-0.4, -0.2) is 37.0 Å². The van der Waals surface area contributed by atoms with E-state index in [4.69, 9.17) is 0 Å². The predicted molar refractivity (Wildman–Crippen MR) is 80.0 cm³/mol. The van der Waals surface area contributed by atoms with E-state index in [1.54, 1.807) is 0 Å². The highest BCUT2D eigenvalue weighted by Crippen LogP contribution is 2.47. The van der Waals surface area contributed by atoms with Gasteiger partial charge in [-0.05, 0) is 51.4 Å². The number of carbonyl (C=O) groups is 1. The number of piperidine rings is 1. The molecule has 0 bridgehead atoms. The van der Waals surface area contributed by atoms with Gasteiger partial charge in [0, 0.05) is 30.1 Å². The van der Waals surface area contributed by atoms with E-state index in [0.29, 0.717) is 23.8 Å². The lowest BCUT2D eigenvalue weighted by atomic mass is 9.89. The number of likely N-dealkylation sites (tertiary alicyclic amines) is 1. The van der Waals surface area contributed by atoms with Crippen molar-refractivity contribution in [2.75, 3.05) is 25.0 Å². The van der Waals surface area contributed by atoms with Crippen molar-refractivity contribution in [3.05, 3.63) is 29.3 Å². The van der Waals surface area contributed by atoms with E-state index in [9.17, 15) is 4.79 Å². The van der Waals surface area contributed by atoms with Crippen molar-refractivity contribution in [1.82, 2.24) is 4.90 Å².